The number of anilines is 2. The number of hydrogen-bond acceptors (Lipinski definition) is 3. The van der Waals surface area contributed by atoms with Gasteiger partial charge in [0.05, 0.1) is 11.4 Å². The second-order valence-electron chi connectivity index (χ2n) is 6.74. The number of rotatable bonds is 4. The van der Waals surface area contributed by atoms with Crippen LogP contribution in [0.1, 0.15) is 23.2 Å². The van der Waals surface area contributed by atoms with E-state index in [0.29, 0.717) is 5.56 Å². The molecule has 0 aromatic heterocycles. The van der Waals surface area contributed by atoms with Crippen molar-refractivity contribution < 1.29 is 18.4 Å². The Hall–Kier alpha value is -2.80. The molecule has 0 atom stereocenters. The van der Waals surface area contributed by atoms with Crippen molar-refractivity contribution in [2.75, 3.05) is 25.0 Å². The van der Waals surface area contributed by atoms with Gasteiger partial charge in [-0.3, -0.25) is 9.69 Å². The first kappa shape index (κ1) is 19.0. The van der Waals surface area contributed by atoms with Crippen molar-refractivity contribution in [3.8, 4) is 0 Å². The number of carbonyl (C=O) groups excluding carboxylic acids is 2. The van der Waals surface area contributed by atoms with Crippen LogP contribution in [0.4, 0.5) is 25.0 Å². The number of benzene rings is 2. The number of piperidine rings is 1. The molecule has 2 amide bonds. The van der Waals surface area contributed by atoms with Gasteiger partial charge in [-0.2, -0.15) is 0 Å². The van der Waals surface area contributed by atoms with Crippen LogP contribution in [-0.2, 0) is 0 Å². The molecule has 0 saturated carbocycles. The van der Waals surface area contributed by atoms with Crippen LogP contribution in [0.5, 0.6) is 0 Å². The molecule has 0 unspecified atom stereocenters. The second-order valence-corrected chi connectivity index (χ2v) is 6.74. The maximum atomic E-state index is 14.2. The van der Waals surface area contributed by atoms with E-state index >= 15 is 0 Å². The van der Waals surface area contributed by atoms with E-state index < -0.39 is 17.7 Å². The summed E-state index contributed by atoms with van der Waals surface area (Å²) in [4.78, 5) is 27.8. The van der Waals surface area contributed by atoms with E-state index in [9.17, 15) is 18.4 Å². The van der Waals surface area contributed by atoms with Crippen molar-refractivity contribution in [3.05, 3.63) is 59.7 Å². The van der Waals surface area contributed by atoms with Crippen molar-refractivity contribution in [2.45, 2.75) is 12.8 Å². The van der Waals surface area contributed by atoms with E-state index in [1.165, 1.54) is 24.3 Å². The monoisotopic (exact) mass is 373 g/mol. The number of urea groups is 1. The number of nitrogens with zero attached hydrogens (tertiary/aromatic N) is 2. The first-order chi connectivity index (χ1) is 12.9. The summed E-state index contributed by atoms with van der Waals surface area (Å²) < 4.78 is 27.8. The molecular formula is C20H21F2N3O2. The summed E-state index contributed by atoms with van der Waals surface area (Å²) in [5, 5.41) is 0. The summed E-state index contributed by atoms with van der Waals surface area (Å²) in [7, 11) is 2.01. The molecule has 1 aliphatic rings. The number of primary amides is 1. The van der Waals surface area contributed by atoms with Gasteiger partial charge in [0.2, 0.25) is 0 Å². The predicted octanol–water partition coefficient (Wildman–Crippen LogP) is 3.71. The summed E-state index contributed by atoms with van der Waals surface area (Å²) in [5.74, 6) is -2.38. The lowest BCUT2D eigenvalue weighted by atomic mass is 9.89. The highest BCUT2D eigenvalue weighted by Gasteiger charge is 2.26. The van der Waals surface area contributed by atoms with Crippen LogP contribution in [0.25, 0.3) is 0 Å². The van der Waals surface area contributed by atoms with E-state index in [2.05, 4.69) is 4.90 Å². The third-order valence-electron chi connectivity index (χ3n) is 4.87. The van der Waals surface area contributed by atoms with E-state index in [4.69, 9.17) is 5.73 Å². The summed E-state index contributed by atoms with van der Waals surface area (Å²) in [6, 6.07) is 8.82. The summed E-state index contributed by atoms with van der Waals surface area (Å²) >= 11 is 0. The first-order valence-electron chi connectivity index (χ1n) is 8.75. The van der Waals surface area contributed by atoms with Gasteiger partial charge in [0.1, 0.15) is 0 Å². The van der Waals surface area contributed by atoms with Crippen molar-refractivity contribution in [3.63, 3.8) is 0 Å². The number of amides is 2. The number of nitrogens with two attached hydrogens (primary N) is 1. The van der Waals surface area contributed by atoms with E-state index in [-0.39, 0.29) is 23.1 Å². The fourth-order valence-electron chi connectivity index (χ4n) is 3.35. The van der Waals surface area contributed by atoms with Gasteiger partial charge in [-0.05, 0) is 57.2 Å². The average molecular weight is 373 g/mol. The summed E-state index contributed by atoms with van der Waals surface area (Å²) in [6.45, 7) is 1.69. The Balaban J connectivity index is 1.94. The third kappa shape index (κ3) is 3.98. The molecule has 142 valence electrons. The molecule has 2 aromatic rings. The molecule has 1 fully saturated rings. The largest absolute Gasteiger partial charge is 0.351 e. The quantitative estimate of drug-likeness (QED) is 0.831. The number of Topliss-reactive ketones (excluding diaryl/α,β-unsaturated/α-hetero) is 1. The van der Waals surface area contributed by atoms with Crippen molar-refractivity contribution in [2.24, 2.45) is 11.7 Å². The Kier molecular flexibility index (Phi) is 5.51. The first-order valence-corrected chi connectivity index (χ1v) is 8.75. The lowest BCUT2D eigenvalue weighted by molar-refractivity contribution is 0.0857. The number of hydrogen-bond donors (Lipinski definition) is 1. The van der Waals surface area contributed by atoms with Crippen LogP contribution in [0.15, 0.2) is 42.5 Å². The molecule has 1 saturated heterocycles. The van der Waals surface area contributed by atoms with Crippen molar-refractivity contribution in [1.29, 1.82) is 0 Å². The summed E-state index contributed by atoms with van der Waals surface area (Å²) in [6.07, 6.45) is 1.52. The van der Waals surface area contributed by atoms with Gasteiger partial charge >= 0.3 is 6.03 Å². The van der Waals surface area contributed by atoms with Crippen LogP contribution in [-0.4, -0.2) is 36.9 Å². The Morgan fingerprint density at radius 1 is 1.11 bits per heavy atom. The van der Waals surface area contributed by atoms with Crippen molar-refractivity contribution >= 4 is 23.2 Å². The minimum absolute atomic E-state index is 0.0194. The standard InChI is InChI=1S/C20H21F2N3O2/c1-24-10-8-13(9-11-24)19(26)14-4-2-5-15(12-14)25(20(23)27)17-7-3-6-16(21)18(17)22/h2-7,12-13H,8-11H2,1H3,(H2,23,27). The Labute approximate surface area is 156 Å². The van der Waals surface area contributed by atoms with Crippen LogP contribution in [0, 0.1) is 17.6 Å². The molecule has 0 bridgehead atoms. The zero-order valence-corrected chi connectivity index (χ0v) is 15.0. The molecule has 0 radical (unpaired) electrons. The average Bonchev–Trinajstić information content (AvgIpc) is 2.65. The smallest absolute Gasteiger partial charge is 0.323 e. The highest BCUT2D eigenvalue weighted by Crippen LogP contribution is 2.30. The molecule has 3 rings (SSSR count). The molecular weight excluding hydrogens is 352 g/mol. The normalized spacial score (nSPS) is 15.5. The number of carbonyl (C=O) groups is 2. The highest BCUT2D eigenvalue weighted by molar-refractivity contribution is 6.02. The zero-order chi connectivity index (χ0) is 19.6. The van der Waals surface area contributed by atoms with Gasteiger partial charge in [0.25, 0.3) is 0 Å². The maximum absolute atomic E-state index is 14.2. The van der Waals surface area contributed by atoms with Crippen LogP contribution < -0.4 is 10.6 Å². The fourth-order valence-corrected chi connectivity index (χ4v) is 3.35. The van der Waals surface area contributed by atoms with Crippen LogP contribution in [0.3, 0.4) is 0 Å². The molecule has 0 spiro atoms. The number of ketones is 1. The lowest BCUT2D eigenvalue weighted by Gasteiger charge is -2.28. The topological polar surface area (TPSA) is 66.6 Å². The number of likely N-dealkylation sites (tertiary alicyclic amines) is 1. The lowest BCUT2D eigenvalue weighted by Crippen LogP contribution is -2.34. The predicted molar refractivity (Wildman–Crippen MR) is 99.1 cm³/mol. The summed E-state index contributed by atoms with van der Waals surface area (Å²) in [5.41, 5.74) is 5.75. The molecule has 0 aliphatic carbocycles. The zero-order valence-electron chi connectivity index (χ0n) is 15.0. The molecule has 1 aliphatic heterocycles. The van der Waals surface area contributed by atoms with Gasteiger partial charge in [0, 0.05) is 11.5 Å². The SMILES string of the molecule is CN1CCC(C(=O)c2cccc(N(C(N)=O)c3cccc(F)c3F)c2)CC1. The van der Waals surface area contributed by atoms with Gasteiger partial charge in [-0.15, -0.1) is 0 Å². The Morgan fingerprint density at radius 3 is 2.44 bits per heavy atom. The Morgan fingerprint density at radius 2 is 1.78 bits per heavy atom. The third-order valence-corrected chi connectivity index (χ3v) is 4.87. The van der Waals surface area contributed by atoms with Crippen LogP contribution >= 0.6 is 0 Å². The van der Waals surface area contributed by atoms with Crippen LogP contribution in [0.2, 0.25) is 0 Å². The van der Waals surface area contributed by atoms with E-state index in [1.807, 2.05) is 7.05 Å². The molecule has 5 nitrogen and oxygen atoms in total. The molecule has 2 aromatic carbocycles. The van der Waals surface area contributed by atoms with E-state index in [0.717, 1.165) is 36.9 Å². The Bertz CT molecular complexity index is 864. The minimum atomic E-state index is -1.18. The minimum Gasteiger partial charge on any atom is -0.351 e. The highest BCUT2D eigenvalue weighted by atomic mass is 19.2. The van der Waals surface area contributed by atoms with E-state index in [1.54, 1.807) is 12.1 Å². The van der Waals surface area contributed by atoms with Gasteiger partial charge in [-0.1, -0.05) is 18.2 Å². The molecule has 7 heteroatoms. The molecule has 1 heterocycles. The number of halogens is 2. The van der Waals surface area contributed by atoms with Gasteiger partial charge in [0.15, 0.2) is 17.4 Å². The van der Waals surface area contributed by atoms with Gasteiger partial charge in [-0.25, -0.2) is 13.6 Å². The fraction of sp³-hybridized carbons (Fsp3) is 0.300. The molecule has 27 heavy (non-hydrogen) atoms. The van der Waals surface area contributed by atoms with Crippen molar-refractivity contribution in [1.82, 2.24) is 4.90 Å². The maximum Gasteiger partial charge on any atom is 0.323 e. The molecule has 2 N–H and O–H groups in total. The van der Waals surface area contributed by atoms with Gasteiger partial charge < -0.3 is 10.6 Å². The second kappa shape index (κ2) is 7.84.